The summed E-state index contributed by atoms with van der Waals surface area (Å²) in [5, 5.41) is 0. The molecular weight excluding hydrogens is 709 g/mol. The maximum atomic E-state index is 12.8. The molecule has 0 saturated heterocycles. The van der Waals surface area contributed by atoms with Crippen LogP contribution in [0.5, 0.6) is 0 Å². The van der Waals surface area contributed by atoms with Crippen LogP contribution < -0.4 is 0 Å². The van der Waals surface area contributed by atoms with Gasteiger partial charge in [-0.25, -0.2) is 0 Å². The summed E-state index contributed by atoms with van der Waals surface area (Å²) in [6, 6.07) is 0. The van der Waals surface area contributed by atoms with Crippen LogP contribution >= 0.6 is 0 Å². The molecule has 6 heteroatoms. The third-order valence-electron chi connectivity index (χ3n) is 11.5. The van der Waals surface area contributed by atoms with Crippen LogP contribution in [-0.4, -0.2) is 37.2 Å². The van der Waals surface area contributed by atoms with Crippen LogP contribution in [0, 0.1) is 11.8 Å². The van der Waals surface area contributed by atoms with E-state index in [0.29, 0.717) is 19.3 Å². The molecule has 1 atom stereocenters. The van der Waals surface area contributed by atoms with Gasteiger partial charge in [0.2, 0.25) is 0 Å². The minimum atomic E-state index is -0.761. The largest absolute Gasteiger partial charge is 0.462 e. The van der Waals surface area contributed by atoms with Gasteiger partial charge in [-0.2, -0.15) is 0 Å². The highest BCUT2D eigenvalue weighted by molar-refractivity contribution is 5.71. The Morgan fingerprint density at radius 2 is 0.579 bits per heavy atom. The van der Waals surface area contributed by atoms with Gasteiger partial charge in [-0.3, -0.25) is 14.4 Å². The molecule has 0 saturated carbocycles. The third-order valence-corrected chi connectivity index (χ3v) is 11.5. The molecule has 57 heavy (non-hydrogen) atoms. The Balaban J connectivity index is 4.30. The highest BCUT2D eigenvalue weighted by Gasteiger charge is 2.19. The Hall–Kier alpha value is -1.59. The molecule has 0 rings (SSSR count). The van der Waals surface area contributed by atoms with Crippen LogP contribution in [-0.2, 0) is 28.6 Å². The lowest BCUT2D eigenvalue weighted by Crippen LogP contribution is -2.30. The van der Waals surface area contributed by atoms with E-state index < -0.39 is 6.10 Å². The number of ether oxygens (including phenoxy) is 3. The molecule has 0 radical (unpaired) electrons. The maximum absolute atomic E-state index is 12.8. The second kappa shape index (κ2) is 44.0. The predicted octanol–water partition coefficient (Wildman–Crippen LogP) is 16.1. The molecule has 0 aromatic heterocycles. The van der Waals surface area contributed by atoms with Gasteiger partial charge in [0.1, 0.15) is 13.2 Å². The van der Waals surface area contributed by atoms with Gasteiger partial charge in [0, 0.05) is 19.3 Å². The number of hydrogen-bond acceptors (Lipinski definition) is 6. The first kappa shape index (κ1) is 55.4. The molecule has 0 fully saturated rings. The first-order valence-corrected chi connectivity index (χ1v) is 25.2. The highest BCUT2D eigenvalue weighted by Crippen LogP contribution is 2.17. The van der Waals surface area contributed by atoms with Gasteiger partial charge in [-0.15, -0.1) is 0 Å². The van der Waals surface area contributed by atoms with Crippen molar-refractivity contribution in [1.29, 1.82) is 0 Å². The summed E-state index contributed by atoms with van der Waals surface area (Å²) in [7, 11) is 0. The second-order valence-electron chi connectivity index (χ2n) is 18.4. The highest BCUT2D eigenvalue weighted by atomic mass is 16.6. The molecule has 0 unspecified atom stereocenters. The fourth-order valence-corrected chi connectivity index (χ4v) is 7.64. The van der Waals surface area contributed by atoms with E-state index in [1.807, 2.05) is 0 Å². The van der Waals surface area contributed by atoms with E-state index in [2.05, 4.69) is 34.6 Å². The number of esters is 3. The Morgan fingerprint density at radius 3 is 0.860 bits per heavy atom. The monoisotopic (exact) mass is 807 g/mol. The average molecular weight is 807 g/mol. The van der Waals surface area contributed by atoms with Crippen LogP contribution in [0.3, 0.4) is 0 Å². The zero-order chi connectivity index (χ0) is 41.9. The lowest BCUT2D eigenvalue weighted by Gasteiger charge is -2.18. The normalized spacial score (nSPS) is 12.1. The fraction of sp³-hybridized carbons (Fsp3) is 0.941. The van der Waals surface area contributed by atoms with E-state index >= 15 is 0 Å². The van der Waals surface area contributed by atoms with Gasteiger partial charge in [-0.05, 0) is 31.1 Å². The fourth-order valence-electron chi connectivity index (χ4n) is 7.64. The molecule has 0 aliphatic carbocycles. The molecule has 0 bridgehead atoms. The van der Waals surface area contributed by atoms with Gasteiger partial charge in [0.25, 0.3) is 0 Å². The number of carbonyl (C=O) groups is 3. The van der Waals surface area contributed by atoms with Crippen molar-refractivity contribution in [1.82, 2.24) is 0 Å². The molecule has 0 aromatic rings. The van der Waals surface area contributed by atoms with E-state index in [-0.39, 0.29) is 31.1 Å². The molecule has 338 valence electrons. The summed E-state index contributed by atoms with van der Waals surface area (Å²) >= 11 is 0. The molecule has 0 spiro atoms. The Bertz CT molecular complexity index is 870. The zero-order valence-electron chi connectivity index (χ0n) is 39.0. The van der Waals surface area contributed by atoms with E-state index in [0.717, 1.165) is 69.6 Å². The van der Waals surface area contributed by atoms with E-state index in [9.17, 15) is 14.4 Å². The smallest absolute Gasteiger partial charge is 0.306 e. The standard InChI is InChI=1S/C51H98O6/c1-6-7-8-9-10-11-12-13-14-18-21-26-31-36-41-49(52)55-44-48(45-56-50(53)42-37-32-28-23-25-30-35-40-47(4)5)57-51(54)43-38-33-27-22-19-16-15-17-20-24-29-34-39-46(2)3/h46-48H,6-45H2,1-5H3/t48-/m0/s1. The number of rotatable bonds is 45. The van der Waals surface area contributed by atoms with Crippen molar-refractivity contribution in [2.45, 2.75) is 285 Å². The summed E-state index contributed by atoms with van der Waals surface area (Å²) in [5.41, 5.74) is 0. The summed E-state index contributed by atoms with van der Waals surface area (Å²) < 4.78 is 16.8. The quantitative estimate of drug-likeness (QED) is 0.0346. The van der Waals surface area contributed by atoms with Crippen LogP contribution in [0.1, 0.15) is 279 Å². The molecule has 0 aliphatic heterocycles. The van der Waals surface area contributed by atoms with Gasteiger partial charge in [0.05, 0.1) is 0 Å². The van der Waals surface area contributed by atoms with Gasteiger partial charge >= 0.3 is 17.9 Å². The number of carbonyl (C=O) groups excluding carboxylic acids is 3. The van der Waals surface area contributed by atoms with Crippen molar-refractivity contribution in [2.24, 2.45) is 11.8 Å². The van der Waals surface area contributed by atoms with Gasteiger partial charge in [-0.1, -0.05) is 240 Å². The minimum Gasteiger partial charge on any atom is -0.462 e. The maximum Gasteiger partial charge on any atom is 0.306 e. The third kappa shape index (κ3) is 45.3. The second-order valence-corrected chi connectivity index (χ2v) is 18.4. The average Bonchev–Trinajstić information content (AvgIpc) is 3.18. The van der Waals surface area contributed by atoms with Crippen molar-refractivity contribution >= 4 is 17.9 Å². The summed E-state index contributed by atoms with van der Waals surface area (Å²) in [4.78, 5) is 37.9. The molecule has 0 aliphatic rings. The molecule has 0 aromatic carbocycles. The van der Waals surface area contributed by atoms with Crippen LogP contribution in [0.4, 0.5) is 0 Å². The van der Waals surface area contributed by atoms with Crippen molar-refractivity contribution in [3.63, 3.8) is 0 Å². The molecule has 0 heterocycles. The van der Waals surface area contributed by atoms with E-state index in [1.54, 1.807) is 0 Å². The zero-order valence-corrected chi connectivity index (χ0v) is 39.0. The molecule has 0 amide bonds. The molecule has 6 nitrogen and oxygen atoms in total. The topological polar surface area (TPSA) is 78.9 Å². The van der Waals surface area contributed by atoms with E-state index in [1.165, 1.54) is 167 Å². The van der Waals surface area contributed by atoms with Crippen molar-refractivity contribution < 1.29 is 28.6 Å². The Labute approximate surface area is 355 Å². The van der Waals surface area contributed by atoms with Crippen molar-refractivity contribution in [3.8, 4) is 0 Å². The number of unbranched alkanes of at least 4 members (excludes halogenated alkanes) is 30. The van der Waals surface area contributed by atoms with Crippen molar-refractivity contribution in [2.75, 3.05) is 13.2 Å². The van der Waals surface area contributed by atoms with Crippen molar-refractivity contribution in [3.05, 3.63) is 0 Å². The predicted molar refractivity (Wildman–Crippen MR) is 243 cm³/mol. The first-order chi connectivity index (χ1) is 27.7. The minimum absolute atomic E-state index is 0.0643. The van der Waals surface area contributed by atoms with Gasteiger partial charge in [0.15, 0.2) is 6.10 Å². The lowest BCUT2D eigenvalue weighted by molar-refractivity contribution is -0.167. The van der Waals surface area contributed by atoms with E-state index in [4.69, 9.17) is 14.2 Å². The molecule has 0 N–H and O–H groups in total. The SMILES string of the molecule is CCCCCCCCCCCCCCCCC(=O)OC[C@@H](COC(=O)CCCCCCCCCC(C)C)OC(=O)CCCCCCCCCCCCCCC(C)C. The Morgan fingerprint density at radius 1 is 0.333 bits per heavy atom. The van der Waals surface area contributed by atoms with Crippen LogP contribution in [0.15, 0.2) is 0 Å². The lowest BCUT2D eigenvalue weighted by atomic mass is 10.0. The van der Waals surface area contributed by atoms with Gasteiger partial charge < -0.3 is 14.2 Å². The number of hydrogen-bond donors (Lipinski definition) is 0. The Kier molecular flexibility index (Phi) is 42.7. The summed E-state index contributed by atoms with van der Waals surface area (Å²) in [6.45, 7) is 11.3. The first-order valence-electron chi connectivity index (χ1n) is 25.2. The van der Waals surface area contributed by atoms with Crippen LogP contribution in [0.2, 0.25) is 0 Å². The van der Waals surface area contributed by atoms with Crippen LogP contribution in [0.25, 0.3) is 0 Å². The summed E-state index contributed by atoms with van der Waals surface area (Å²) in [6.07, 6.45) is 43.8. The molecular formula is C51H98O6. The summed E-state index contributed by atoms with van der Waals surface area (Å²) in [5.74, 6) is 0.761.